The largest absolute Gasteiger partial charge is 0.481 e. The number of aryl methyl sites for hydroxylation is 1. The van der Waals surface area contributed by atoms with Gasteiger partial charge in [-0.2, -0.15) is 5.10 Å². The standard InChI is InChI=1S/C12H18N2O2/c1-2-14-8-9(7-13-14)6-10-4-3-5-11(10)12(15)16/h7-8,10-11H,2-6H2,1H3,(H,15,16). The summed E-state index contributed by atoms with van der Waals surface area (Å²) in [5.41, 5.74) is 1.17. The number of aliphatic carboxylic acids is 1. The van der Waals surface area contributed by atoms with Crippen molar-refractivity contribution in [3.63, 3.8) is 0 Å². The minimum Gasteiger partial charge on any atom is -0.481 e. The van der Waals surface area contributed by atoms with Crippen LogP contribution in [-0.2, 0) is 17.8 Å². The maximum Gasteiger partial charge on any atom is 0.306 e. The summed E-state index contributed by atoms with van der Waals surface area (Å²) in [6.07, 6.45) is 7.66. The van der Waals surface area contributed by atoms with Gasteiger partial charge in [-0.05, 0) is 37.7 Å². The first kappa shape index (κ1) is 11.2. The smallest absolute Gasteiger partial charge is 0.306 e. The Hall–Kier alpha value is -1.32. The lowest BCUT2D eigenvalue weighted by Gasteiger charge is -2.14. The molecular weight excluding hydrogens is 204 g/mol. The maximum atomic E-state index is 11.0. The van der Waals surface area contributed by atoms with E-state index in [0.717, 1.165) is 32.2 Å². The van der Waals surface area contributed by atoms with Gasteiger partial charge in [0, 0.05) is 12.7 Å². The molecule has 16 heavy (non-hydrogen) atoms. The van der Waals surface area contributed by atoms with Gasteiger partial charge in [0.05, 0.1) is 12.1 Å². The molecule has 0 amide bonds. The van der Waals surface area contributed by atoms with Gasteiger partial charge >= 0.3 is 5.97 Å². The summed E-state index contributed by atoms with van der Waals surface area (Å²) in [5, 5.41) is 13.3. The quantitative estimate of drug-likeness (QED) is 0.847. The lowest BCUT2D eigenvalue weighted by Crippen LogP contribution is -2.19. The Bertz CT molecular complexity index is 373. The van der Waals surface area contributed by atoms with Crippen molar-refractivity contribution >= 4 is 5.97 Å². The molecule has 4 nitrogen and oxygen atoms in total. The molecule has 1 aliphatic carbocycles. The summed E-state index contributed by atoms with van der Waals surface area (Å²) in [7, 11) is 0. The fraction of sp³-hybridized carbons (Fsp3) is 0.667. The minimum atomic E-state index is -0.634. The van der Waals surface area contributed by atoms with Crippen LogP contribution in [0.5, 0.6) is 0 Å². The summed E-state index contributed by atoms with van der Waals surface area (Å²) in [4.78, 5) is 11.0. The van der Waals surface area contributed by atoms with Crippen molar-refractivity contribution in [1.82, 2.24) is 9.78 Å². The Morgan fingerprint density at radius 3 is 3.06 bits per heavy atom. The fourth-order valence-electron chi connectivity index (χ4n) is 2.59. The Balaban J connectivity index is 2.00. The molecule has 2 atom stereocenters. The van der Waals surface area contributed by atoms with Gasteiger partial charge in [0.15, 0.2) is 0 Å². The van der Waals surface area contributed by atoms with E-state index >= 15 is 0 Å². The average Bonchev–Trinajstić information content (AvgIpc) is 2.87. The number of hydrogen-bond acceptors (Lipinski definition) is 2. The van der Waals surface area contributed by atoms with Gasteiger partial charge < -0.3 is 5.11 Å². The molecule has 0 aromatic carbocycles. The van der Waals surface area contributed by atoms with Crippen LogP contribution in [-0.4, -0.2) is 20.9 Å². The van der Waals surface area contributed by atoms with Crippen molar-refractivity contribution in [2.24, 2.45) is 11.8 Å². The van der Waals surface area contributed by atoms with Crippen molar-refractivity contribution in [2.45, 2.75) is 39.2 Å². The molecule has 1 aromatic rings. The lowest BCUT2D eigenvalue weighted by atomic mass is 9.91. The van der Waals surface area contributed by atoms with Crippen LogP contribution in [0.2, 0.25) is 0 Å². The van der Waals surface area contributed by atoms with E-state index in [9.17, 15) is 4.79 Å². The van der Waals surface area contributed by atoms with E-state index in [-0.39, 0.29) is 5.92 Å². The zero-order valence-electron chi connectivity index (χ0n) is 9.59. The van der Waals surface area contributed by atoms with Gasteiger partial charge in [-0.15, -0.1) is 0 Å². The molecular formula is C12H18N2O2. The Labute approximate surface area is 95.3 Å². The van der Waals surface area contributed by atoms with Crippen LogP contribution in [0.4, 0.5) is 0 Å². The van der Waals surface area contributed by atoms with Crippen molar-refractivity contribution in [3.8, 4) is 0 Å². The highest BCUT2D eigenvalue weighted by Gasteiger charge is 2.32. The van der Waals surface area contributed by atoms with Crippen LogP contribution in [0.25, 0.3) is 0 Å². The number of aromatic nitrogens is 2. The Kier molecular flexibility index (Phi) is 3.27. The van der Waals surface area contributed by atoms with E-state index in [1.54, 1.807) is 0 Å². The van der Waals surface area contributed by atoms with Crippen LogP contribution in [0.15, 0.2) is 12.4 Å². The van der Waals surface area contributed by atoms with Gasteiger partial charge in [0.2, 0.25) is 0 Å². The molecule has 1 N–H and O–H groups in total. The highest BCUT2D eigenvalue weighted by Crippen LogP contribution is 2.34. The molecule has 2 rings (SSSR count). The van der Waals surface area contributed by atoms with Crippen LogP contribution in [0, 0.1) is 11.8 Å². The highest BCUT2D eigenvalue weighted by atomic mass is 16.4. The SMILES string of the molecule is CCn1cc(CC2CCCC2C(=O)O)cn1. The number of carbonyl (C=O) groups is 1. The summed E-state index contributed by atoms with van der Waals surface area (Å²) in [5.74, 6) is -0.484. The van der Waals surface area contributed by atoms with Crippen molar-refractivity contribution in [1.29, 1.82) is 0 Å². The van der Waals surface area contributed by atoms with Gasteiger partial charge in [-0.3, -0.25) is 9.48 Å². The molecule has 0 spiro atoms. The molecule has 1 saturated carbocycles. The molecule has 88 valence electrons. The first-order valence-corrected chi connectivity index (χ1v) is 5.95. The van der Waals surface area contributed by atoms with E-state index in [2.05, 4.69) is 5.10 Å². The van der Waals surface area contributed by atoms with Crippen LogP contribution in [0.3, 0.4) is 0 Å². The topological polar surface area (TPSA) is 55.1 Å². The number of rotatable bonds is 4. The fourth-order valence-corrected chi connectivity index (χ4v) is 2.59. The minimum absolute atomic E-state index is 0.148. The second kappa shape index (κ2) is 4.68. The van der Waals surface area contributed by atoms with Crippen molar-refractivity contribution < 1.29 is 9.90 Å². The van der Waals surface area contributed by atoms with E-state index < -0.39 is 5.97 Å². The van der Waals surface area contributed by atoms with Crippen LogP contribution < -0.4 is 0 Å². The zero-order chi connectivity index (χ0) is 11.5. The molecule has 1 aliphatic rings. The average molecular weight is 222 g/mol. The van der Waals surface area contributed by atoms with Crippen molar-refractivity contribution in [3.05, 3.63) is 18.0 Å². The van der Waals surface area contributed by atoms with Crippen LogP contribution >= 0.6 is 0 Å². The predicted octanol–water partition coefficient (Wildman–Crippen LogP) is 1.95. The molecule has 0 aliphatic heterocycles. The third-order valence-corrected chi connectivity index (χ3v) is 3.48. The normalized spacial score (nSPS) is 24.8. The van der Waals surface area contributed by atoms with E-state index in [1.165, 1.54) is 5.56 Å². The number of carboxylic acids is 1. The molecule has 0 bridgehead atoms. The van der Waals surface area contributed by atoms with Gasteiger partial charge in [-0.25, -0.2) is 0 Å². The van der Waals surface area contributed by atoms with E-state index in [0.29, 0.717) is 5.92 Å². The Morgan fingerprint density at radius 2 is 2.44 bits per heavy atom. The third kappa shape index (κ3) is 2.26. The second-order valence-corrected chi connectivity index (χ2v) is 4.54. The number of hydrogen-bond donors (Lipinski definition) is 1. The van der Waals surface area contributed by atoms with Crippen LogP contribution in [0.1, 0.15) is 31.7 Å². The van der Waals surface area contributed by atoms with Gasteiger partial charge in [-0.1, -0.05) is 6.42 Å². The molecule has 1 heterocycles. The zero-order valence-corrected chi connectivity index (χ0v) is 9.59. The molecule has 0 saturated heterocycles. The van der Waals surface area contributed by atoms with Crippen molar-refractivity contribution in [2.75, 3.05) is 0 Å². The number of nitrogens with zero attached hydrogens (tertiary/aromatic N) is 2. The van der Waals surface area contributed by atoms with Gasteiger partial charge in [0.25, 0.3) is 0 Å². The molecule has 1 fully saturated rings. The molecule has 0 radical (unpaired) electrons. The third-order valence-electron chi connectivity index (χ3n) is 3.48. The second-order valence-electron chi connectivity index (χ2n) is 4.54. The summed E-state index contributed by atoms with van der Waals surface area (Å²) in [6.45, 7) is 2.92. The summed E-state index contributed by atoms with van der Waals surface area (Å²) in [6, 6.07) is 0. The van der Waals surface area contributed by atoms with E-state index in [4.69, 9.17) is 5.11 Å². The first-order valence-electron chi connectivity index (χ1n) is 5.95. The Morgan fingerprint density at radius 1 is 1.62 bits per heavy atom. The lowest BCUT2D eigenvalue weighted by molar-refractivity contribution is -0.142. The maximum absolute atomic E-state index is 11.0. The monoisotopic (exact) mass is 222 g/mol. The number of carboxylic acid groups (broad SMARTS) is 1. The first-order chi connectivity index (χ1) is 7.70. The predicted molar refractivity (Wildman–Crippen MR) is 60.1 cm³/mol. The summed E-state index contributed by atoms with van der Waals surface area (Å²) < 4.78 is 1.89. The van der Waals surface area contributed by atoms with Gasteiger partial charge in [0.1, 0.15) is 0 Å². The molecule has 4 heteroatoms. The molecule has 2 unspecified atom stereocenters. The highest BCUT2D eigenvalue weighted by molar-refractivity contribution is 5.70. The summed E-state index contributed by atoms with van der Waals surface area (Å²) >= 11 is 0. The van der Waals surface area contributed by atoms with E-state index in [1.807, 2.05) is 24.0 Å². The molecule has 1 aromatic heterocycles.